The highest BCUT2D eigenvalue weighted by atomic mass is 16.5. The van der Waals surface area contributed by atoms with Crippen molar-refractivity contribution >= 4 is 29.2 Å². The molecule has 0 unspecified atom stereocenters. The summed E-state index contributed by atoms with van der Waals surface area (Å²) >= 11 is 0. The van der Waals surface area contributed by atoms with Crippen molar-refractivity contribution in [1.82, 2.24) is 0 Å². The van der Waals surface area contributed by atoms with Gasteiger partial charge in [-0.15, -0.1) is 0 Å². The first-order valence-electron chi connectivity index (χ1n) is 7.26. The topological polar surface area (TPSA) is 105 Å². The molecule has 0 aliphatic carbocycles. The molecule has 128 valence electrons. The van der Waals surface area contributed by atoms with E-state index in [9.17, 15) is 14.4 Å². The summed E-state index contributed by atoms with van der Waals surface area (Å²) in [5, 5.41) is 13.7. The summed E-state index contributed by atoms with van der Waals surface area (Å²) in [7, 11) is 1.52. The standard InChI is InChI=1S/C18H16N2O5/c1-25-13-6-4-5-12(11-13)19-18(24)14-7-2-3-8-15(14)20-16(21)9-10-17(22)23/h2-11H,1H3,(H,19,24)(H,20,21)(H,22,23)/b10-9-. The van der Waals surface area contributed by atoms with Gasteiger partial charge in [-0.05, 0) is 24.3 Å². The summed E-state index contributed by atoms with van der Waals surface area (Å²) in [4.78, 5) is 34.6. The van der Waals surface area contributed by atoms with E-state index in [2.05, 4.69) is 10.6 Å². The van der Waals surface area contributed by atoms with E-state index >= 15 is 0 Å². The Morgan fingerprint density at radius 1 is 1.00 bits per heavy atom. The molecule has 2 aromatic carbocycles. The predicted octanol–water partition coefficient (Wildman–Crippen LogP) is 2.53. The predicted molar refractivity (Wildman–Crippen MR) is 92.8 cm³/mol. The van der Waals surface area contributed by atoms with Crippen LogP contribution in [0.1, 0.15) is 10.4 Å². The van der Waals surface area contributed by atoms with Gasteiger partial charge in [-0.2, -0.15) is 0 Å². The smallest absolute Gasteiger partial charge is 0.328 e. The minimum Gasteiger partial charge on any atom is -0.497 e. The monoisotopic (exact) mass is 340 g/mol. The lowest BCUT2D eigenvalue weighted by molar-refractivity contribution is -0.131. The fourth-order valence-corrected chi connectivity index (χ4v) is 2.01. The fraction of sp³-hybridized carbons (Fsp3) is 0.0556. The second-order valence-corrected chi connectivity index (χ2v) is 4.89. The van der Waals surface area contributed by atoms with Crippen molar-refractivity contribution < 1.29 is 24.2 Å². The van der Waals surface area contributed by atoms with Gasteiger partial charge in [0.2, 0.25) is 5.91 Å². The van der Waals surface area contributed by atoms with Gasteiger partial charge in [0.05, 0.1) is 18.4 Å². The molecule has 2 amide bonds. The third-order valence-corrected chi connectivity index (χ3v) is 3.13. The molecule has 0 spiro atoms. The summed E-state index contributed by atoms with van der Waals surface area (Å²) in [6.07, 6.45) is 1.59. The number of amides is 2. The number of carbonyl (C=O) groups excluding carboxylic acids is 2. The number of para-hydroxylation sites is 1. The summed E-state index contributed by atoms with van der Waals surface area (Å²) in [5.74, 6) is -1.72. The highest BCUT2D eigenvalue weighted by molar-refractivity contribution is 6.11. The Kier molecular flexibility index (Phi) is 5.89. The molecule has 7 heteroatoms. The van der Waals surface area contributed by atoms with E-state index in [1.165, 1.54) is 7.11 Å². The van der Waals surface area contributed by atoms with Crippen LogP contribution in [-0.4, -0.2) is 30.0 Å². The van der Waals surface area contributed by atoms with Crippen molar-refractivity contribution in [3.63, 3.8) is 0 Å². The van der Waals surface area contributed by atoms with Gasteiger partial charge in [-0.25, -0.2) is 4.79 Å². The lowest BCUT2D eigenvalue weighted by atomic mass is 10.1. The van der Waals surface area contributed by atoms with Crippen LogP contribution < -0.4 is 15.4 Å². The Morgan fingerprint density at radius 2 is 1.76 bits per heavy atom. The zero-order valence-corrected chi connectivity index (χ0v) is 13.4. The molecular weight excluding hydrogens is 324 g/mol. The van der Waals surface area contributed by atoms with Crippen LogP contribution in [0, 0.1) is 0 Å². The van der Waals surface area contributed by atoms with Gasteiger partial charge in [0.1, 0.15) is 5.75 Å². The summed E-state index contributed by atoms with van der Waals surface area (Å²) in [6.45, 7) is 0. The van der Waals surface area contributed by atoms with Crippen LogP contribution in [0.5, 0.6) is 5.75 Å². The van der Waals surface area contributed by atoms with Crippen LogP contribution in [0.2, 0.25) is 0 Å². The molecule has 0 bridgehead atoms. The van der Waals surface area contributed by atoms with Crippen molar-refractivity contribution in [2.75, 3.05) is 17.7 Å². The maximum Gasteiger partial charge on any atom is 0.328 e. The number of anilines is 2. The zero-order valence-electron chi connectivity index (χ0n) is 13.4. The molecule has 2 rings (SSSR count). The number of hydrogen-bond acceptors (Lipinski definition) is 4. The van der Waals surface area contributed by atoms with Crippen molar-refractivity contribution in [3.05, 3.63) is 66.2 Å². The minimum atomic E-state index is -1.24. The first-order chi connectivity index (χ1) is 12.0. The van der Waals surface area contributed by atoms with E-state index < -0.39 is 17.8 Å². The van der Waals surface area contributed by atoms with E-state index in [0.29, 0.717) is 17.5 Å². The maximum atomic E-state index is 12.5. The number of methoxy groups -OCH3 is 1. The Labute approximate surface area is 143 Å². The molecule has 0 radical (unpaired) electrons. The first kappa shape index (κ1) is 17.7. The molecule has 0 heterocycles. The van der Waals surface area contributed by atoms with Crippen LogP contribution in [0.15, 0.2) is 60.7 Å². The SMILES string of the molecule is COc1cccc(NC(=O)c2ccccc2NC(=O)/C=C\C(=O)O)c1. The van der Waals surface area contributed by atoms with Crippen molar-refractivity contribution in [1.29, 1.82) is 0 Å². The van der Waals surface area contributed by atoms with Crippen molar-refractivity contribution in [2.45, 2.75) is 0 Å². The van der Waals surface area contributed by atoms with Gasteiger partial charge in [0, 0.05) is 23.9 Å². The van der Waals surface area contributed by atoms with Crippen LogP contribution in [0.4, 0.5) is 11.4 Å². The molecular formula is C18H16N2O5. The molecule has 0 aliphatic heterocycles. The number of benzene rings is 2. The third-order valence-electron chi connectivity index (χ3n) is 3.13. The van der Waals surface area contributed by atoms with E-state index in [-0.39, 0.29) is 11.3 Å². The van der Waals surface area contributed by atoms with E-state index in [4.69, 9.17) is 9.84 Å². The Bertz CT molecular complexity index is 830. The van der Waals surface area contributed by atoms with Gasteiger partial charge < -0.3 is 20.5 Å². The molecule has 0 saturated carbocycles. The molecule has 2 aromatic rings. The molecule has 7 nitrogen and oxygen atoms in total. The van der Waals surface area contributed by atoms with E-state index in [0.717, 1.165) is 6.08 Å². The molecule has 25 heavy (non-hydrogen) atoms. The number of carboxylic acids is 1. The fourth-order valence-electron chi connectivity index (χ4n) is 2.01. The number of rotatable bonds is 6. The van der Waals surface area contributed by atoms with Gasteiger partial charge >= 0.3 is 5.97 Å². The lowest BCUT2D eigenvalue weighted by Crippen LogP contribution is -2.17. The molecule has 0 fully saturated rings. The minimum absolute atomic E-state index is 0.238. The van der Waals surface area contributed by atoms with Gasteiger partial charge in [0.15, 0.2) is 0 Å². The average molecular weight is 340 g/mol. The van der Waals surface area contributed by atoms with E-state index in [1.54, 1.807) is 48.5 Å². The highest BCUT2D eigenvalue weighted by Crippen LogP contribution is 2.20. The van der Waals surface area contributed by atoms with Crippen molar-refractivity contribution in [2.24, 2.45) is 0 Å². The Hall–Kier alpha value is -3.61. The number of carbonyl (C=O) groups is 3. The number of nitrogens with one attached hydrogen (secondary N) is 2. The normalized spacial score (nSPS) is 10.3. The van der Waals surface area contributed by atoms with Crippen LogP contribution in [-0.2, 0) is 9.59 Å². The number of aliphatic carboxylic acids is 1. The quantitative estimate of drug-likeness (QED) is 0.701. The Balaban J connectivity index is 2.17. The Morgan fingerprint density at radius 3 is 2.48 bits per heavy atom. The van der Waals surface area contributed by atoms with Gasteiger partial charge in [0.25, 0.3) is 5.91 Å². The van der Waals surface area contributed by atoms with Crippen molar-refractivity contribution in [3.8, 4) is 5.75 Å². The number of hydrogen-bond donors (Lipinski definition) is 3. The number of carboxylic acid groups (broad SMARTS) is 1. The first-order valence-corrected chi connectivity index (χ1v) is 7.26. The second-order valence-electron chi connectivity index (χ2n) is 4.89. The molecule has 0 saturated heterocycles. The van der Waals surface area contributed by atoms with Crippen LogP contribution in [0.25, 0.3) is 0 Å². The zero-order chi connectivity index (χ0) is 18.2. The average Bonchev–Trinajstić information content (AvgIpc) is 2.60. The molecule has 3 N–H and O–H groups in total. The number of ether oxygens (including phenoxy) is 1. The molecule has 0 atom stereocenters. The largest absolute Gasteiger partial charge is 0.497 e. The maximum absolute atomic E-state index is 12.5. The van der Waals surface area contributed by atoms with Gasteiger partial charge in [-0.1, -0.05) is 18.2 Å². The van der Waals surface area contributed by atoms with Gasteiger partial charge in [-0.3, -0.25) is 9.59 Å². The molecule has 0 aromatic heterocycles. The summed E-state index contributed by atoms with van der Waals surface area (Å²) < 4.78 is 5.10. The summed E-state index contributed by atoms with van der Waals surface area (Å²) in [5.41, 5.74) is 1.04. The summed E-state index contributed by atoms with van der Waals surface area (Å²) in [6, 6.07) is 13.3. The molecule has 0 aliphatic rings. The van der Waals surface area contributed by atoms with Crippen LogP contribution >= 0.6 is 0 Å². The lowest BCUT2D eigenvalue weighted by Gasteiger charge is -2.11. The van der Waals surface area contributed by atoms with Crippen LogP contribution in [0.3, 0.4) is 0 Å². The van der Waals surface area contributed by atoms with E-state index in [1.807, 2.05) is 0 Å². The second kappa shape index (κ2) is 8.30. The third kappa shape index (κ3) is 5.21. The highest BCUT2D eigenvalue weighted by Gasteiger charge is 2.13.